The lowest BCUT2D eigenvalue weighted by molar-refractivity contribution is 0.0995. The molecule has 0 aliphatic carbocycles. The number of hydrogen-bond acceptors (Lipinski definition) is 6. The van der Waals surface area contributed by atoms with E-state index in [0.717, 1.165) is 5.56 Å². The summed E-state index contributed by atoms with van der Waals surface area (Å²) in [6, 6.07) is 0. The van der Waals surface area contributed by atoms with Gasteiger partial charge in [-0.15, -0.1) is 5.10 Å². The molecule has 2 rings (SSSR count). The Balaban J connectivity index is 2.17. The Kier molecular flexibility index (Phi) is 2.82. The minimum atomic E-state index is -0.596. The van der Waals surface area contributed by atoms with Crippen LogP contribution in [0.3, 0.4) is 0 Å². The van der Waals surface area contributed by atoms with Crippen molar-refractivity contribution in [2.75, 3.05) is 7.11 Å². The summed E-state index contributed by atoms with van der Waals surface area (Å²) in [5, 5.41) is 9.26. The smallest absolute Gasteiger partial charge is 0.270 e. The van der Waals surface area contributed by atoms with Gasteiger partial charge in [-0.1, -0.05) is 5.21 Å². The van der Waals surface area contributed by atoms with E-state index in [4.69, 9.17) is 10.5 Å². The molecule has 7 nitrogen and oxygen atoms in total. The van der Waals surface area contributed by atoms with Crippen molar-refractivity contribution in [2.45, 2.75) is 6.54 Å². The topological polar surface area (TPSA) is 95.9 Å². The zero-order chi connectivity index (χ0) is 11.5. The number of methoxy groups -OCH3 is 1. The molecule has 2 heterocycles. The SMILES string of the molecule is COc1nscc1Cn1cc(C(N)=O)nn1. The predicted octanol–water partition coefficient (Wildman–Crippen LogP) is -0.110. The molecular formula is C8H9N5O2S. The second-order valence-corrected chi connectivity index (χ2v) is 3.64. The first kappa shape index (κ1) is 10.6. The predicted molar refractivity (Wildman–Crippen MR) is 56.3 cm³/mol. The van der Waals surface area contributed by atoms with Crippen LogP contribution in [-0.2, 0) is 6.54 Å². The minimum Gasteiger partial charge on any atom is -0.480 e. The molecule has 0 unspecified atom stereocenters. The van der Waals surface area contributed by atoms with Crippen LogP contribution in [0.25, 0.3) is 0 Å². The Labute approximate surface area is 95.0 Å². The monoisotopic (exact) mass is 239 g/mol. The van der Waals surface area contributed by atoms with E-state index in [1.165, 1.54) is 22.4 Å². The summed E-state index contributed by atoms with van der Waals surface area (Å²) in [6.45, 7) is 0.444. The van der Waals surface area contributed by atoms with Crippen molar-refractivity contribution in [1.29, 1.82) is 0 Å². The van der Waals surface area contributed by atoms with E-state index in [1.807, 2.05) is 5.38 Å². The fraction of sp³-hybridized carbons (Fsp3) is 0.250. The number of ether oxygens (including phenoxy) is 1. The minimum absolute atomic E-state index is 0.141. The number of primary amides is 1. The number of nitrogens with zero attached hydrogens (tertiary/aromatic N) is 4. The molecule has 0 bridgehead atoms. The van der Waals surface area contributed by atoms with Gasteiger partial charge in [-0.25, -0.2) is 4.68 Å². The number of rotatable bonds is 4. The molecular weight excluding hydrogens is 230 g/mol. The van der Waals surface area contributed by atoms with Crippen molar-refractivity contribution in [3.05, 3.63) is 22.8 Å². The first-order chi connectivity index (χ1) is 7.70. The maximum atomic E-state index is 10.8. The summed E-state index contributed by atoms with van der Waals surface area (Å²) in [5.41, 5.74) is 6.09. The molecule has 0 atom stereocenters. The molecule has 8 heteroatoms. The fourth-order valence-corrected chi connectivity index (χ4v) is 1.83. The second-order valence-electron chi connectivity index (χ2n) is 3.01. The van der Waals surface area contributed by atoms with Crippen LogP contribution < -0.4 is 10.5 Å². The first-order valence-corrected chi connectivity index (χ1v) is 5.21. The molecule has 2 N–H and O–H groups in total. The number of hydrogen-bond donors (Lipinski definition) is 1. The molecule has 0 saturated heterocycles. The lowest BCUT2D eigenvalue weighted by Gasteiger charge is -1.99. The summed E-state index contributed by atoms with van der Waals surface area (Å²) < 4.78 is 10.6. The van der Waals surface area contributed by atoms with E-state index in [9.17, 15) is 4.79 Å². The van der Waals surface area contributed by atoms with E-state index in [1.54, 1.807) is 7.11 Å². The zero-order valence-corrected chi connectivity index (χ0v) is 9.27. The molecule has 1 amide bonds. The highest BCUT2D eigenvalue weighted by Crippen LogP contribution is 2.19. The zero-order valence-electron chi connectivity index (χ0n) is 8.45. The molecule has 0 spiro atoms. The van der Waals surface area contributed by atoms with Gasteiger partial charge >= 0.3 is 0 Å². The average molecular weight is 239 g/mol. The summed E-state index contributed by atoms with van der Waals surface area (Å²) in [7, 11) is 1.55. The van der Waals surface area contributed by atoms with E-state index >= 15 is 0 Å². The summed E-state index contributed by atoms with van der Waals surface area (Å²) in [6.07, 6.45) is 1.49. The Morgan fingerprint density at radius 1 is 1.69 bits per heavy atom. The Morgan fingerprint density at radius 3 is 3.12 bits per heavy atom. The molecule has 2 aromatic heterocycles. The molecule has 0 fully saturated rings. The van der Waals surface area contributed by atoms with Gasteiger partial charge in [0.1, 0.15) is 0 Å². The maximum Gasteiger partial charge on any atom is 0.270 e. The highest BCUT2D eigenvalue weighted by atomic mass is 32.1. The van der Waals surface area contributed by atoms with E-state index in [2.05, 4.69) is 14.7 Å². The average Bonchev–Trinajstić information content (AvgIpc) is 2.87. The van der Waals surface area contributed by atoms with Crippen LogP contribution in [0.2, 0.25) is 0 Å². The van der Waals surface area contributed by atoms with E-state index in [-0.39, 0.29) is 5.69 Å². The molecule has 0 saturated carbocycles. The van der Waals surface area contributed by atoms with Gasteiger partial charge in [-0.2, -0.15) is 4.37 Å². The summed E-state index contributed by atoms with van der Waals surface area (Å²) in [5.74, 6) is -0.0391. The third-order valence-corrected chi connectivity index (χ3v) is 2.58. The van der Waals surface area contributed by atoms with Crippen molar-refractivity contribution in [1.82, 2.24) is 19.4 Å². The van der Waals surface area contributed by atoms with Gasteiger partial charge in [-0.05, 0) is 11.5 Å². The fourth-order valence-electron chi connectivity index (χ4n) is 1.18. The summed E-state index contributed by atoms with van der Waals surface area (Å²) >= 11 is 1.29. The molecule has 0 aromatic carbocycles. The van der Waals surface area contributed by atoms with Gasteiger partial charge < -0.3 is 10.5 Å². The van der Waals surface area contributed by atoms with Crippen LogP contribution in [0, 0.1) is 0 Å². The maximum absolute atomic E-state index is 10.8. The standard InChI is InChI=1S/C8H9N5O2S/c1-15-8-5(4-16-11-8)2-13-3-6(7(9)14)10-12-13/h3-4H,2H2,1H3,(H2,9,14). The van der Waals surface area contributed by atoms with Crippen LogP contribution in [0.5, 0.6) is 5.88 Å². The van der Waals surface area contributed by atoms with Crippen molar-refractivity contribution < 1.29 is 9.53 Å². The van der Waals surface area contributed by atoms with Gasteiger partial charge in [0.2, 0.25) is 5.88 Å². The quantitative estimate of drug-likeness (QED) is 0.803. The van der Waals surface area contributed by atoms with Gasteiger partial charge in [0.05, 0.1) is 19.9 Å². The molecule has 16 heavy (non-hydrogen) atoms. The lowest BCUT2D eigenvalue weighted by Crippen LogP contribution is -2.11. The highest BCUT2D eigenvalue weighted by molar-refractivity contribution is 7.03. The number of amides is 1. The number of carbonyl (C=O) groups is 1. The van der Waals surface area contributed by atoms with Crippen molar-refractivity contribution in [2.24, 2.45) is 5.73 Å². The normalized spacial score (nSPS) is 10.3. The molecule has 84 valence electrons. The molecule has 0 aliphatic rings. The number of nitrogens with two attached hydrogens (primary N) is 1. The van der Waals surface area contributed by atoms with Gasteiger partial charge in [0.15, 0.2) is 5.69 Å². The third-order valence-electron chi connectivity index (χ3n) is 1.92. The number of carbonyl (C=O) groups excluding carboxylic acids is 1. The van der Waals surface area contributed by atoms with Crippen LogP contribution in [-0.4, -0.2) is 32.4 Å². The van der Waals surface area contributed by atoms with Gasteiger partial charge in [0, 0.05) is 10.9 Å². The molecule has 0 radical (unpaired) electrons. The van der Waals surface area contributed by atoms with E-state index in [0.29, 0.717) is 12.4 Å². The van der Waals surface area contributed by atoms with Crippen molar-refractivity contribution in [3.8, 4) is 5.88 Å². The van der Waals surface area contributed by atoms with Crippen LogP contribution in [0.4, 0.5) is 0 Å². The highest BCUT2D eigenvalue weighted by Gasteiger charge is 2.10. The second kappa shape index (κ2) is 4.27. The largest absolute Gasteiger partial charge is 0.480 e. The van der Waals surface area contributed by atoms with E-state index < -0.39 is 5.91 Å². The van der Waals surface area contributed by atoms with Crippen molar-refractivity contribution in [3.63, 3.8) is 0 Å². The molecule has 0 aliphatic heterocycles. The molecule has 2 aromatic rings. The van der Waals surface area contributed by atoms with Crippen LogP contribution in [0.15, 0.2) is 11.6 Å². The van der Waals surface area contributed by atoms with Gasteiger partial charge in [0.25, 0.3) is 5.91 Å². The Hall–Kier alpha value is -1.96. The third kappa shape index (κ3) is 2.01. The summed E-state index contributed by atoms with van der Waals surface area (Å²) in [4.78, 5) is 10.8. The van der Waals surface area contributed by atoms with Crippen LogP contribution in [0.1, 0.15) is 16.1 Å². The Morgan fingerprint density at radius 2 is 2.50 bits per heavy atom. The first-order valence-electron chi connectivity index (χ1n) is 4.38. The number of aromatic nitrogens is 4. The Bertz CT molecular complexity index is 506. The lowest BCUT2D eigenvalue weighted by atomic mass is 10.3. The van der Waals surface area contributed by atoms with Gasteiger partial charge in [-0.3, -0.25) is 4.79 Å². The van der Waals surface area contributed by atoms with Crippen LogP contribution >= 0.6 is 11.5 Å². The van der Waals surface area contributed by atoms with Crippen molar-refractivity contribution >= 4 is 17.4 Å².